The predicted molar refractivity (Wildman–Crippen MR) is 84.8 cm³/mol. The summed E-state index contributed by atoms with van der Waals surface area (Å²) in [6.45, 7) is 4.15. The average Bonchev–Trinajstić information content (AvgIpc) is 2.49. The largest absolute Gasteiger partial charge is 0.366 e. The Balaban J connectivity index is 2.03. The van der Waals surface area contributed by atoms with Gasteiger partial charge < -0.3 is 10.6 Å². The zero-order valence-corrected chi connectivity index (χ0v) is 12.7. The molecule has 1 unspecified atom stereocenters. The molecule has 6 heteroatoms. The summed E-state index contributed by atoms with van der Waals surface area (Å²) in [7, 11) is 0. The lowest BCUT2D eigenvalue weighted by molar-refractivity contribution is 0.102. The third-order valence-electron chi connectivity index (χ3n) is 3.03. The fourth-order valence-electron chi connectivity index (χ4n) is 1.66. The van der Waals surface area contributed by atoms with Crippen molar-refractivity contribution in [3.8, 4) is 0 Å². The molecule has 0 fully saturated rings. The molecule has 1 aromatic heterocycles. The Hall–Kier alpha value is -2.14. The van der Waals surface area contributed by atoms with Crippen molar-refractivity contribution >= 4 is 29.1 Å². The number of rotatable bonds is 5. The highest BCUT2D eigenvalue weighted by atomic mass is 35.5. The molecule has 2 rings (SSSR count). The van der Waals surface area contributed by atoms with Crippen LogP contribution in [0.1, 0.15) is 30.6 Å². The second kappa shape index (κ2) is 7.04. The van der Waals surface area contributed by atoms with Crippen LogP contribution in [0, 0.1) is 0 Å². The Bertz CT molecular complexity index is 615. The van der Waals surface area contributed by atoms with Crippen LogP contribution >= 0.6 is 11.6 Å². The number of hydrogen-bond donors (Lipinski definition) is 2. The second-order valence-electron chi connectivity index (χ2n) is 4.69. The highest BCUT2D eigenvalue weighted by Crippen LogP contribution is 2.16. The summed E-state index contributed by atoms with van der Waals surface area (Å²) < 4.78 is 0. The molecule has 0 bridgehead atoms. The molecule has 0 saturated carbocycles. The van der Waals surface area contributed by atoms with E-state index in [1.54, 1.807) is 36.4 Å². The molecule has 0 aliphatic carbocycles. The van der Waals surface area contributed by atoms with Crippen LogP contribution in [-0.2, 0) is 0 Å². The van der Waals surface area contributed by atoms with E-state index in [0.717, 1.165) is 6.42 Å². The van der Waals surface area contributed by atoms with Crippen molar-refractivity contribution in [3.63, 3.8) is 0 Å². The molecule has 1 heterocycles. The molecule has 2 N–H and O–H groups in total. The summed E-state index contributed by atoms with van der Waals surface area (Å²) in [6.07, 6.45) is 0.993. The van der Waals surface area contributed by atoms with Crippen molar-refractivity contribution in [3.05, 3.63) is 47.0 Å². The van der Waals surface area contributed by atoms with E-state index in [4.69, 9.17) is 11.6 Å². The minimum Gasteiger partial charge on any atom is -0.366 e. The smallest absolute Gasteiger partial charge is 0.258 e. The molecule has 1 atom stereocenters. The number of aromatic nitrogens is 2. The average molecular weight is 305 g/mol. The summed E-state index contributed by atoms with van der Waals surface area (Å²) in [6, 6.07) is 10.7. The topological polar surface area (TPSA) is 66.9 Å². The number of halogens is 1. The van der Waals surface area contributed by atoms with Crippen LogP contribution in [0.5, 0.6) is 0 Å². The van der Waals surface area contributed by atoms with Crippen LogP contribution in [-0.4, -0.2) is 22.1 Å². The monoisotopic (exact) mass is 304 g/mol. The van der Waals surface area contributed by atoms with Gasteiger partial charge in [-0.2, -0.15) is 0 Å². The number of anilines is 2. The van der Waals surface area contributed by atoms with Gasteiger partial charge in [-0.1, -0.05) is 30.7 Å². The Morgan fingerprint density at radius 2 is 1.86 bits per heavy atom. The number of nitrogens with zero attached hydrogens (tertiary/aromatic N) is 2. The highest BCUT2D eigenvalue weighted by Gasteiger charge is 2.10. The van der Waals surface area contributed by atoms with E-state index in [9.17, 15) is 4.79 Å². The molecule has 0 aliphatic rings. The standard InChI is InChI=1S/C15H17ClN4O/c1-3-10(2)17-13-8-9-14(20-19-13)18-15(21)11-6-4-5-7-12(11)16/h4-10H,3H2,1-2H3,(H,17,19)(H,18,20,21). The van der Waals surface area contributed by atoms with Crippen molar-refractivity contribution in [1.82, 2.24) is 10.2 Å². The molecule has 0 aliphatic heterocycles. The molecule has 0 radical (unpaired) electrons. The van der Waals surface area contributed by atoms with Crippen LogP contribution in [0.4, 0.5) is 11.6 Å². The number of carbonyl (C=O) groups is 1. The second-order valence-corrected chi connectivity index (χ2v) is 5.10. The van der Waals surface area contributed by atoms with Crippen molar-refractivity contribution in [2.24, 2.45) is 0 Å². The minimum absolute atomic E-state index is 0.308. The van der Waals surface area contributed by atoms with Crippen molar-refractivity contribution in [2.75, 3.05) is 10.6 Å². The third kappa shape index (κ3) is 4.16. The molecular formula is C15H17ClN4O. The van der Waals surface area contributed by atoms with Gasteiger partial charge in [0.05, 0.1) is 10.6 Å². The first kappa shape index (κ1) is 15.3. The van der Waals surface area contributed by atoms with E-state index in [1.807, 2.05) is 0 Å². The third-order valence-corrected chi connectivity index (χ3v) is 3.36. The van der Waals surface area contributed by atoms with Crippen LogP contribution in [0.15, 0.2) is 36.4 Å². The van der Waals surface area contributed by atoms with Crippen LogP contribution in [0.3, 0.4) is 0 Å². The molecular weight excluding hydrogens is 288 g/mol. The number of hydrogen-bond acceptors (Lipinski definition) is 4. The molecule has 2 aromatic rings. The SMILES string of the molecule is CCC(C)Nc1ccc(NC(=O)c2ccccc2Cl)nn1. The molecule has 5 nitrogen and oxygen atoms in total. The lowest BCUT2D eigenvalue weighted by Gasteiger charge is -2.11. The normalized spacial score (nSPS) is 11.8. The van der Waals surface area contributed by atoms with Crippen molar-refractivity contribution in [1.29, 1.82) is 0 Å². The molecule has 0 saturated heterocycles. The number of nitrogens with one attached hydrogen (secondary N) is 2. The first-order valence-corrected chi connectivity index (χ1v) is 7.14. The fraction of sp³-hybridized carbons (Fsp3) is 0.267. The van der Waals surface area contributed by atoms with E-state index < -0.39 is 0 Å². The number of carbonyl (C=O) groups excluding carboxylic acids is 1. The van der Waals surface area contributed by atoms with Gasteiger partial charge in [0.15, 0.2) is 5.82 Å². The Morgan fingerprint density at radius 3 is 2.48 bits per heavy atom. The number of benzene rings is 1. The lowest BCUT2D eigenvalue weighted by atomic mass is 10.2. The molecule has 21 heavy (non-hydrogen) atoms. The molecule has 0 spiro atoms. The van der Waals surface area contributed by atoms with Gasteiger partial charge in [0.1, 0.15) is 5.82 Å². The van der Waals surface area contributed by atoms with E-state index >= 15 is 0 Å². The quantitative estimate of drug-likeness (QED) is 0.886. The van der Waals surface area contributed by atoms with Gasteiger partial charge in [0.2, 0.25) is 0 Å². The van der Waals surface area contributed by atoms with Gasteiger partial charge in [-0.05, 0) is 37.6 Å². The predicted octanol–water partition coefficient (Wildman–Crippen LogP) is 3.59. The zero-order valence-electron chi connectivity index (χ0n) is 11.9. The van der Waals surface area contributed by atoms with Crippen LogP contribution < -0.4 is 10.6 Å². The van der Waals surface area contributed by atoms with Gasteiger partial charge in [-0.3, -0.25) is 4.79 Å². The molecule has 1 amide bonds. The first-order valence-electron chi connectivity index (χ1n) is 6.76. The number of amides is 1. The van der Waals surface area contributed by atoms with E-state index in [2.05, 4.69) is 34.7 Å². The van der Waals surface area contributed by atoms with Gasteiger partial charge in [0, 0.05) is 6.04 Å². The Morgan fingerprint density at radius 1 is 1.19 bits per heavy atom. The zero-order chi connectivity index (χ0) is 15.2. The first-order chi connectivity index (χ1) is 10.1. The lowest BCUT2D eigenvalue weighted by Crippen LogP contribution is -2.16. The van der Waals surface area contributed by atoms with Gasteiger partial charge in [0.25, 0.3) is 5.91 Å². The van der Waals surface area contributed by atoms with Crippen molar-refractivity contribution < 1.29 is 4.79 Å². The van der Waals surface area contributed by atoms with E-state index in [-0.39, 0.29) is 5.91 Å². The van der Waals surface area contributed by atoms with E-state index in [0.29, 0.717) is 28.3 Å². The maximum absolute atomic E-state index is 12.1. The summed E-state index contributed by atoms with van der Waals surface area (Å²) >= 11 is 5.98. The Labute approximate surface area is 128 Å². The van der Waals surface area contributed by atoms with Crippen LogP contribution in [0.2, 0.25) is 5.02 Å². The molecule has 110 valence electrons. The summed E-state index contributed by atoms with van der Waals surface area (Å²) in [5.41, 5.74) is 0.405. The fourth-order valence-corrected chi connectivity index (χ4v) is 1.88. The van der Waals surface area contributed by atoms with E-state index in [1.165, 1.54) is 0 Å². The van der Waals surface area contributed by atoms with Crippen LogP contribution in [0.25, 0.3) is 0 Å². The minimum atomic E-state index is -0.308. The maximum atomic E-state index is 12.1. The Kier molecular flexibility index (Phi) is 5.11. The summed E-state index contributed by atoms with van der Waals surface area (Å²) in [5, 5.41) is 14.3. The van der Waals surface area contributed by atoms with Gasteiger partial charge in [-0.25, -0.2) is 0 Å². The van der Waals surface area contributed by atoms with Crippen molar-refractivity contribution in [2.45, 2.75) is 26.3 Å². The summed E-state index contributed by atoms with van der Waals surface area (Å²) in [4.78, 5) is 12.1. The van der Waals surface area contributed by atoms with Gasteiger partial charge >= 0.3 is 0 Å². The van der Waals surface area contributed by atoms with Gasteiger partial charge in [-0.15, -0.1) is 10.2 Å². The highest BCUT2D eigenvalue weighted by molar-refractivity contribution is 6.34. The summed E-state index contributed by atoms with van der Waals surface area (Å²) in [5.74, 6) is 0.757. The maximum Gasteiger partial charge on any atom is 0.258 e. The molecule has 1 aromatic carbocycles.